The van der Waals surface area contributed by atoms with Crippen molar-refractivity contribution in [1.29, 1.82) is 0 Å². The van der Waals surface area contributed by atoms with Crippen LogP contribution < -0.4 is 0 Å². The summed E-state index contributed by atoms with van der Waals surface area (Å²) in [6.07, 6.45) is 1.88. The van der Waals surface area contributed by atoms with Crippen molar-refractivity contribution in [3.05, 3.63) is 194 Å². The molecule has 6 heteroatoms. The maximum Gasteiger partial charge on any atom is 0.164 e. The second kappa shape index (κ2) is 13.0. The molecule has 0 aliphatic heterocycles. The van der Waals surface area contributed by atoms with Crippen LogP contribution in [0.15, 0.2) is 194 Å². The van der Waals surface area contributed by atoms with E-state index < -0.39 is 0 Å². The van der Waals surface area contributed by atoms with Gasteiger partial charge in [0.2, 0.25) is 0 Å². The van der Waals surface area contributed by atoms with E-state index in [0.717, 1.165) is 72.2 Å². The lowest BCUT2D eigenvalue weighted by atomic mass is 10.0. The van der Waals surface area contributed by atoms with Crippen molar-refractivity contribution in [2.24, 2.45) is 0 Å². The Labute approximate surface area is 322 Å². The van der Waals surface area contributed by atoms with Gasteiger partial charge in [0.05, 0.1) is 27.6 Å². The van der Waals surface area contributed by atoms with E-state index in [4.69, 9.17) is 19.9 Å². The molecule has 0 spiro atoms. The Morgan fingerprint density at radius 2 is 0.804 bits per heavy atom. The van der Waals surface area contributed by atoms with Crippen molar-refractivity contribution < 1.29 is 0 Å². The lowest BCUT2D eigenvalue weighted by molar-refractivity contribution is 1.07. The van der Waals surface area contributed by atoms with Gasteiger partial charge in [-0.1, -0.05) is 121 Å². The van der Waals surface area contributed by atoms with Crippen molar-refractivity contribution in [3.63, 3.8) is 0 Å². The molecule has 4 heterocycles. The minimum Gasteiger partial charge on any atom is -0.309 e. The molecular weight excluding hydrogens is 685 g/mol. The molecule has 4 aromatic heterocycles. The number of pyridine rings is 1. The summed E-state index contributed by atoms with van der Waals surface area (Å²) in [5.74, 6) is 1.91. The van der Waals surface area contributed by atoms with Crippen LogP contribution in [0, 0.1) is 0 Å². The second-order valence-electron chi connectivity index (χ2n) is 13.9. The third kappa shape index (κ3) is 5.27. The minimum atomic E-state index is 0.626. The molecule has 56 heavy (non-hydrogen) atoms. The maximum atomic E-state index is 5.01. The van der Waals surface area contributed by atoms with Gasteiger partial charge in [0, 0.05) is 50.4 Å². The van der Waals surface area contributed by atoms with Gasteiger partial charge >= 0.3 is 0 Å². The third-order valence-corrected chi connectivity index (χ3v) is 10.6. The van der Waals surface area contributed by atoms with E-state index in [-0.39, 0.29) is 0 Å². The SMILES string of the molecule is c1ccc(-c2nc(-c3ccccc3)nc(-c3cccc(-n4c5ccccc5c5cc(-c6ccc7c(c6)c6ncccc6n7-c6ccccc6)ccc54)c3)n2)cc1. The van der Waals surface area contributed by atoms with Crippen LogP contribution in [0.1, 0.15) is 0 Å². The van der Waals surface area contributed by atoms with E-state index in [1.807, 2.05) is 72.9 Å². The van der Waals surface area contributed by atoms with Gasteiger partial charge in [0.15, 0.2) is 17.5 Å². The first-order valence-corrected chi connectivity index (χ1v) is 18.7. The highest BCUT2D eigenvalue weighted by atomic mass is 15.0. The Balaban J connectivity index is 1.05. The molecule has 0 aliphatic carbocycles. The molecule has 7 aromatic carbocycles. The van der Waals surface area contributed by atoms with Crippen LogP contribution >= 0.6 is 0 Å². The summed E-state index contributed by atoms with van der Waals surface area (Å²) >= 11 is 0. The molecule has 0 fully saturated rings. The van der Waals surface area contributed by atoms with Gasteiger partial charge in [0.1, 0.15) is 0 Å². The summed E-state index contributed by atoms with van der Waals surface area (Å²) in [4.78, 5) is 19.8. The third-order valence-electron chi connectivity index (χ3n) is 10.6. The molecule has 0 radical (unpaired) electrons. The zero-order chi connectivity index (χ0) is 37.0. The van der Waals surface area contributed by atoms with E-state index in [9.17, 15) is 0 Å². The number of hydrogen-bond donors (Lipinski definition) is 0. The molecule has 11 aromatic rings. The summed E-state index contributed by atoms with van der Waals surface area (Å²) in [6.45, 7) is 0. The predicted molar refractivity (Wildman–Crippen MR) is 228 cm³/mol. The fourth-order valence-corrected chi connectivity index (χ4v) is 8.02. The van der Waals surface area contributed by atoms with E-state index >= 15 is 0 Å². The lowest BCUT2D eigenvalue weighted by Crippen LogP contribution is -2.01. The number of aromatic nitrogens is 6. The van der Waals surface area contributed by atoms with E-state index in [1.54, 1.807) is 0 Å². The highest BCUT2D eigenvalue weighted by Gasteiger charge is 2.18. The van der Waals surface area contributed by atoms with Crippen molar-refractivity contribution in [2.75, 3.05) is 0 Å². The molecule has 0 atom stereocenters. The summed E-state index contributed by atoms with van der Waals surface area (Å²) < 4.78 is 4.64. The molecule has 0 N–H and O–H groups in total. The monoisotopic (exact) mass is 716 g/mol. The molecule has 262 valence electrons. The molecule has 0 bridgehead atoms. The Hall–Kier alpha value is -7.70. The highest BCUT2D eigenvalue weighted by molar-refractivity contribution is 6.12. The summed E-state index contributed by atoms with van der Waals surface area (Å²) in [5.41, 5.74) is 12.7. The van der Waals surface area contributed by atoms with Gasteiger partial charge in [-0.15, -0.1) is 0 Å². The summed E-state index contributed by atoms with van der Waals surface area (Å²) in [5, 5.41) is 3.51. The molecule has 0 saturated carbocycles. The van der Waals surface area contributed by atoms with Crippen molar-refractivity contribution in [1.82, 2.24) is 29.1 Å². The average molecular weight is 717 g/mol. The smallest absolute Gasteiger partial charge is 0.164 e. The Bertz CT molecular complexity index is 3180. The maximum absolute atomic E-state index is 5.01. The first-order valence-electron chi connectivity index (χ1n) is 18.7. The molecular formula is C50H32N6. The molecule has 0 amide bonds. The Morgan fingerprint density at radius 3 is 1.50 bits per heavy atom. The predicted octanol–water partition coefficient (Wildman–Crippen LogP) is 12.1. The van der Waals surface area contributed by atoms with E-state index in [0.29, 0.717) is 17.5 Å². The van der Waals surface area contributed by atoms with Crippen LogP contribution in [-0.2, 0) is 0 Å². The van der Waals surface area contributed by atoms with Gasteiger partial charge < -0.3 is 9.13 Å². The fourth-order valence-electron chi connectivity index (χ4n) is 8.02. The number of nitrogens with zero attached hydrogens (tertiary/aromatic N) is 6. The zero-order valence-electron chi connectivity index (χ0n) is 30.2. The first-order chi connectivity index (χ1) is 27.8. The molecule has 0 saturated heterocycles. The molecule has 0 aliphatic rings. The van der Waals surface area contributed by atoms with Gasteiger partial charge in [-0.2, -0.15) is 0 Å². The van der Waals surface area contributed by atoms with Crippen LogP contribution in [0.3, 0.4) is 0 Å². The van der Waals surface area contributed by atoms with Gasteiger partial charge in [-0.25, -0.2) is 15.0 Å². The normalized spacial score (nSPS) is 11.6. The van der Waals surface area contributed by atoms with Crippen LogP contribution in [-0.4, -0.2) is 29.1 Å². The van der Waals surface area contributed by atoms with E-state index in [1.165, 1.54) is 10.8 Å². The van der Waals surface area contributed by atoms with Crippen molar-refractivity contribution in [3.8, 4) is 56.7 Å². The Kier molecular flexibility index (Phi) is 7.38. The zero-order valence-corrected chi connectivity index (χ0v) is 30.2. The summed E-state index contributed by atoms with van der Waals surface area (Å²) in [7, 11) is 0. The first kappa shape index (κ1) is 31.8. The second-order valence-corrected chi connectivity index (χ2v) is 13.9. The van der Waals surface area contributed by atoms with Crippen molar-refractivity contribution in [2.45, 2.75) is 0 Å². The number of para-hydroxylation sites is 2. The topological polar surface area (TPSA) is 61.4 Å². The van der Waals surface area contributed by atoms with Crippen molar-refractivity contribution >= 4 is 43.7 Å². The Morgan fingerprint density at radius 1 is 0.304 bits per heavy atom. The van der Waals surface area contributed by atoms with Gasteiger partial charge in [-0.05, 0) is 77.9 Å². The molecule has 11 rings (SSSR count). The number of benzene rings is 7. The molecule has 0 unspecified atom stereocenters. The fraction of sp³-hybridized carbons (Fsp3) is 0. The average Bonchev–Trinajstić information content (AvgIpc) is 3.79. The quantitative estimate of drug-likeness (QED) is 0.172. The van der Waals surface area contributed by atoms with Gasteiger partial charge in [-0.3, -0.25) is 4.98 Å². The van der Waals surface area contributed by atoms with Crippen LogP contribution in [0.5, 0.6) is 0 Å². The van der Waals surface area contributed by atoms with Gasteiger partial charge in [0.25, 0.3) is 0 Å². The summed E-state index contributed by atoms with van der Waals surface area (Å²) in [6, 6.07) is 65.5. The van der Waals surface area contributed by atoms with Crippen LogP contribution in [0.2, 0.25) is 0 Å². The highest BCUT2D eigenvalue weighted by Crippen LogP contribution is 2.38. The lowest BCUT2D eigenvalue weighted by Gasteiger charge is -2.12. The van der Waals surface area contributed by atoms with E-state index in [2.05, 4.69) is 130 Å². The number of hydrogen-bond acceptors (Lipinski definition) is 4. The standard InChI is InChI=1S/C50H32N6/c1-4-14-33(15-5-1)48-52-49(34-16-6-2-7-17-34)54-50(53-48)37-18-12-21-39(30-37)56-43-23-11-10-22-40(43)41-31-35(25-27-44(41)56)36-26-28-45-42(32-36)47-46(24-13-29-51-47)55(45)38-19-8-3-9-20-38/h1-32H. The van der Waals surface area contributed by atoms with Crippen LogP contribution in [0.4, 0.5) is 0 Å². The van der Waals surface area contributed by atoms with Crippen LogP contribution in [0.25, 0.3) is 100 Å². The minimum absolute atomic E-state index is 0.626. The number of rotatable bonds is 6. The largest absolute Gasteiger partial charge is 0.309 e. The number of fused-ring (bicyclic) bond motifs is 6. The molecule has 6 nitrogen and oxygen atoms in total.